The van der Waals surface area contributed by atoms with Crippen LogP contribution < -0.4 is 5.32 Å². The number of nitrogens with one attached hydrogen (secondary N) is 1. The molecule has 2 aromatic carbocycles. The van der Waals surface area contributed by atoms with Crippen LogP contribution in [-0.4, -0.2) is 84.9 Å². The van der Waals surface area contributed by atoms with E-state index in [-0.39, 0.29) is 18.5 Å². The van der Waals surface area contributed by atoms with Crippen LogP contribution in [0.3, 0.4) is 0 Å². The monoisotopic (exact) mass is 529 g/mol. The number of hydrazone groups is 1. The van der Waals surface area contributed by atoms with E-state index in [2.05, 4.69) is 15.3 Å². The smallest absolute Gasteiger partial charge is 0.317 e. The van der Waals surface area contributed by atoms with Crippen molar-refractivity contribution in [1.29, 1.82) is 0 Å². The molecule has 2 heterocycles. The summed E-state index contributed by atoms with van der Waals surface area (Å²) in [5.74, 6) is -0.797. The van der Waals surface area contributed by atoms with E-state index in [1.54, 1.807) is 24.3 Å². The van der Waals surface area contributed by atoms with Crippen molar-refractivity contribution in [3.05, 3.63) is 70.5 Å². The lowest BCUT2D eigenvalue weighted by Gasteiger charge is -2.31. The first-order valence-corrected chi connectivity index (χ1v) is 13.1. The van der Waals surface area contributed by atoms with Gasteiger partial charge in [0.15, 0.2) is 0 Å². The zero-order chi connectivity index (χ0) is 26.2. The third-order valence-corrected chi connectivity index (χ3v) is 6.87. The summed E-state index contributed by atoms with van der Waals surface area (Å²) < 4.78 is 20.2. The van der Waals surface area contributed by atoms with Crippen molar-refractivity contribution in [2.45, 2.75) is 25.8 Å². The number of carbonyl (C=O) groups excluding carboxylic acids is 2. The van der Waals surface area contributed by atoms with Crippen molar-refractivity contribution in [2.24, 2.45) is 5.10 Å². The van der Waals surface area contributed by atoms with Gasteiger partial charge in [-0.3, -0.25) is 9.69 Å². The molecular formula is C27H33ClFN5O3. The molecule has 2 aliphatic rings. The van der Waals surface area contributed by atoms with Crippen LogP contribution in [0.25, 0.3) is 0 Å². The Morgan fingerprint density at radius 3 is 2.62 bits per heavy atom. The molecule has 4 rings (SSSR count). The van der Waals surface area contributed by atoms with Gasteiger partial charge in [0.2, 0.25) is 0 Å². The van der Waals surface area contributed by atoms with E-state index in [4.69, 9.17) is 16.3 Å². The lowest BCUT2D eigenvalue weighted by molar-refractivity contribution is -0.133. The molecule has 0 saturated carbocycles. The van der Waals surface area contributed by atoms with E-state index in [0.29, 0.717) is 61.1 Å². The molecule has 2 aliphatic heterocycles. The Hall–Kier alpha value is -3.01. The molecule has 3 amide bonds. The SMILES string of the molecule is CCCNC(=O)N(CCN1CCOCC1)CC(=O)N1N=C(c2ccccc2Cl)CC1c1ccccc1F. The third kappa shape index (κ3) is 6.85. The van der Waals surface area contributed by atoms with E-state index >= 15 is 0 Å². The number of rotatable bonds is 9. The number of ether oxygens (including phenoxy) is 1. The molecule has 0 radical (unpaired) electrons. The molecule has 0 spiro atoms. The summed E-state index contributed by atoms with van der Waals surface area (Å²) in [6.45, 7) is 6.18. The van der Waals surface area contributed by atoms with Crippen LogP contribution in [-0.2, 0) is 9.53 Å². The first kappa shape index (κ1) is 27.0. The number of hydrogen-bond donors (Lipinski definition) is 1. The molecule has 37 heavy (non-hydrogen) atoms. The number of halogens is 2. The van der Waals surface area contributed by atoms with E-state index in [1.807, 2.05) is 25.1 Å². The highest BCUT2D eigenvalue weighted by Gasteiger charge is 2.36. The Kier molecular flexibility index (Phi) is 9.49. The normalized spacial score (nSPS) is 18.0. The van der Waals surface area contributed by atoms with Gasteiger partial charge in [-0.05, 0) is 18.6 Å². The zero-order valence-electron chi connectivity index (χ0n) is 21.0. The van der Waals surface area contributed by atoms with Gasteiger partial charge in [-0.1, -0.05) is 54.9 Å². The van der Waals surface area contributed by atoms with Crippen molar-refractivity contribution in [3.8, 4) is 0 Å². The number of urea groups is 1. The number of hydrogen-bond acceptors (Lipinski definition) is 5. The van der Waals surface area contributed by atoms with Gasteiger partial charge in [0.05, 0.1) is 25.0 Å². The Balaban J connectivity index is 1.57. The number of nitrogens with zero attached hydrogens (tertiary/aromatic N) is 4. The highest BCUT2D eigenvalue weighted by Crippen LogP contribution is 2.35. The van der Waals surface area contributed by atoms with Crippen LogP contribution in [0.1, 0.15) is 36.9 Å². The second-order valence-electron chi connectivity index (χ2n) is 9.11. The van der Waals surface area contributed by atoms with Crippen molar-refractivity contribution < 1.29 is 18.7 Å². The molecule has 0 bridgehead atoms. The van der Waals surface area contributed by atoms with Crippen LogP contribution in [0.15, 0.2) is 53.6 Å². The second-order valence-corrected chi connectivity index (χ2v) is 9.52. The van der Waals surface area contributed by atoms with Crippen molar-refractivity contribution in [1.82, 2.24) is 20.1 Å². The quantitative estimate of drug-likeness (QED) is 0.534. The maximum absolute atomic E-state index is 14.8. The van der Waals surface area contributed by atoms with Gasteiger partial charge in [0.25, 0.3) is 5.91 Å². The minimum Gasteiger partial charge on any atom is -0.379 e. The van der Waals surface area contributed by atoms with E-state index < -0.39 is 11.9 Å². The number of carbonyl (C=O) groups is 2. The van der Waals surface area contributed by atoms with E-state index in [1.165, 1.54) is 16.0 Å². The minimum atomic E-state index is -0.639. The molecule has 1 saturated heterocycles. The minimum absolute atomic E-state index is 0.176. The number of morpholine rings is 1. The first-order valence-electron chi connectivity index (χ1n) is 12.7. The van der Waals surface area contributed by atoms with Gasteiger partial charge < -0.3 is 15.0 Å². The molecule has 1 N–H and O–H groups in total. The highest BCUT2D eigenvalue weighted by molar-refractivity contribution is 6.34. The predicted octanol–water partition coefficient (Wildman–Crippen LogP) is 3.91. The van der Waals surface area contributed by atoms with Gasteiger partial charge in [0.1, 0.15) is 12.4 Å². The molecule has 198 valence electrons. The number of amides is 3. The summed E-state index contributed by atoms with van der Waals surface area (Å²) in [5.41, 5.74) is 1.67. The largest absolute Gasteiger partial charge is 0.379 e. The maximum Gasteiger partial charge on any atom is 0.317 e. The molecular weight excluding hydrogens is 497 g/mol. The van der Waals surface area contributed by atoms with Gasteiger partial charge in [0, 0.05) is 55.3 Å². The van der Waals surface area contributed by atoms with Crippen molar-refractivity contribution in [3.63, 3.8) is 0 Å². The van der Waals surface area contributed by atoms with Crippen molar-refractivity contribution in [2.75, 3.05) is 52.5 Å². The summed E-state index contributed by atoms with van der Waals surface area (Å²) >= 11 is 6.41. The van der Waals surface area contributed by atoms with Gasteiger partial charge in [-0.2, -0.15) is 5.10 Å². The standard InChI is InChI=1S/C27H33ClFN5O3/c1-2-11-30-27(36)33(13-12-32-14-16-37-17-15-32)19-26(35)34-25(21-8-4-6-10-23(21)29)18-24(31-34)20-7-3-5-9-22(20)28/h3-10,25H,2,11-19H2,1H3,(H,30,36). The molecule has 0 aliphatic carbocycles. The predicted molar refractivity (Wildman–Crippen MR) is 141 cm³/mol. The molecule has 1 atom stereocenters. The van der Waals surface area contributed by atoms with Crippen LogP contribution >= 0.6 is 11.6 Å². The Labute approximate surface area is 222 Å². The van der Waals surface area contributed by atoms with Gasteiger partial charge in [-0.15, -0.1) is 0 Å². The molecule has 1 fully saturated rings. The average molecular weight is 530 g/mol. The lowest BCUT2D eigenvalue weighted by Crippen LogP contribution is -2.49. The molecule has 1 unspecified atom stereocenters. The van der Waals surface area contributed by atoms with Gasteiger partial charge >= 0.3 is 6.03 Å². The molecule has 8 nitrogen and oxygen atoms in total. The van der Waals surface area contributed by atoms with Gasteiger partial charge in [-0.25, -0.2) is 14.2 Å². The maximum atomic E-state index is 14.8. The molecule has 0 aromatic heterocycles. The average Bonchev–Trinajstić information content (AvgIpc) is 3.35. The highest BCUT2D eigenvalue weighted by atomic mass is 35.5. The van der Waals surface area contributed by atoms with Crippen LogP contribution in [0.2, 0.25) is 5.02 Å². The second kappa shape index (κ2) is 13.0. The number of benzene rings is 2. The Morgan fingerprint density at radius 2 is 1.89 bits per heavy atom. The van der Waals surface area contributed by atoms with Crippen LogP contribution in [0.4, 0.5) is 9.18 Å². The van der Waals surface area contributed by atoms with E-state index in [0.717, 1.165) is 19.5 Å². The molecule has 10 heteroatoms. The summed E-state index contributed by atoms with van der Waals surface area (Å²) in [6.07, 6.45) is 1.09. The molecule has 2 aromatic rings. The zero-order valence-corrected chi connectivity index (χ0v) is 21.8. The van der Waals surface area contributed by atoms with Crippen LogP contribution in [0, 0.1) is 5.82 Å². The summed E-state index contributed by atoms with van der Waals surface area (Å²) in [7, 11) is 0. The first-order chi connectivity index (χ1) is 18.0. The Bertz CT molecular complexity index is 1120. The lowest BCUT2D eigenvalue weighted by atomic mass is 9.98. The fourth-order valence-corrected chi connectivity index (χ4v) is 4.75. The van der Waals surface area contributed by atoms with E-state index in [9.17, 15) is 14.0 Å². The third-order valence-electron chi connectivity index (χ3n) is 6.54. The summed E-state index contributed by atoms with van der Waals surface area (Å²) in [4.78, 5) is 30.3. The summed E-state index contributed by atoms with van der Waals surface area (Å²) in [6, 6.07) is 12.7. The fourth-order valence-electron chi connectivity index (χ4n) is 4.50. The summed E-state index contributed by atoms with van der Waals surface area (Å²) in [5, 5.41) is 9.30. The topological polar surface area (TPSA) is 77.5 Å². The van der Waals surface area contributed by atoms with Crippen LogP contribution in [0.5, 0.6) is 0 Å². The Morgan fingerprint density at radius 1 is 1.16 bits per heavy atom. The van der Waals surface area contributed by atoms with Crippen molar-refractivity contribution >= 4 is 29.3 Å². The fraction of sp³-hybridized carbons (Fsp3) is 0.444.